The van der Waals surface area contributed by atoms with Crippen molar-refractivity contribution < 1.29 is 15.0 Å². The number of benzene rings is 2. The van der Waals surface area contributed by atoms with E-state index in [1.807, 2.05) is 24.3 Å². The number of aromatic hydroxyl groups is 2. The van der Waals surface area contributed by atoms with Crippen LogP contribution in [0.2, 0.25) is 0 Å². The van der Waals surface area contributed by atoms with Gasteiger partial charge in [-0.25, -0.2) is 4.98 Å². The molecule has 1 aromatic heterocycles. The molecule has 0 saturated heterocycles. The molecule has 3 N–H and O–H groups in total. The minimum absolute atomic E-state index is 0.0454. The Kier molecular flexibility index (Phi) is 3.37. The third-order valence-electron chi connectivity index (χ3n) is 4.25. The number of nitrogens with one attached hydrogen (secondary N) is 1. The number of hydrogen-bond acceptors (Lipinski definition) is 4. The first kappa shape index (κ1) is 14.6. The van der Waals surface area contributed by atoms with Gasteiger partial charge in [-0.1, -0.05) is 18.2 Å². The Bertz CT molecular complexity index is 928. The molecule has 0 bridgehead atoms. The molecule has 1 heterocycles. The number of carbonyl (C=O) groups is 1. The Morgan fingerprint density at radius 2 is 1.96 bits per heavy atom. The van der Waals surface area contributed by atoms with Crippen molar-refractivity contribution in [1.82, 2.24) is 14.9 Å². The highest BCUT2D eigenvalue weighted by molar-refractivity contribution is 5.97. The van der Waals surface area contributed by atoms with Gasteiger partial charge in [0.2, 0.25) is 0 Å². The van der Waals surface area contributed by atoms with Crippen molar-refractivity contribution in [2.45, 2.75) is 25.4 Å². The molecule has 1 aliphatic rings. The molecule has 6 heteroatoms. The van der Waals surface area contributed by atoms with Gasteiger partial charge in [0.15, 0.2) is 11.5 Å². The molecule has 122 valence electrons. The highest BCUT2D eigenvalue weighted by Gasteiger charge is 2.28. The predicted octanol–water partition coefficient (Wildman–Crippen LogP) is 2.71. The van der Waals surface area contributed by atoms with Crippen LogP contribution in [-0.2, 0) is 6.54 Å². The SMILES string of the molecule is O=C(NCc1nc2ccccc2n1C1CC1)c1cccc(O)c1O. The molecule has 0 spiro atoms. The summed E-state index contributed by atoms with van der Waals surface area (Å²) in [6.45, 7) is 0.263. The van der Waals surface area contributed by atoms with Crippen LogP contribution in [0.5, 0.6) is 11.5 Å². The van der Waals surface area contributed by atoms with E-state index < -0.39 is 11.7 Å². The van der Waals surface area contributed by atoms with Crippen LogP contribution in [-0.4, -0.2) is 25.7 Å². The van der Waals surface area contributed by atoms with Crippen molar-refractivity contribution >= 4 is 16.9 Å². The summed E-state index contributed by atoms with van der Waals surface area (Å²) >= 11 is 0. The predicted molar refractivity (Wildman–Crippen MR) is 88.9 cm³/mol. The third-order valence-corrected chi connectivity index (χ3v) is 4.25. The highest BCUT2D eigenvalue weighted by Crippen LogP contribution is 2.38. The van der Waals surface area contributed by atoms with Gasteiger partial charge in [-0.05, 0) is 37.1 Å². The van der Waals surface area contributed by atoms with Gasteiger partial charge in [0.25, 0.3) is 5.91 Å². The fourth-order valence-corrected chi connectivity index (χ4v) is 2.93. The van der Waals surface area contributed by atoms with E-state index in [0.717, 1.165) is 29.7 Å². The lowest BCUT2D eigenvalue weighted by Gasteiger charge is -2.10. The molecule has 1 amide bonds. The van der Waals surface area contributed by atoms with Crippen molar-refractivity contribution in [2.75, 3.05) is 0 Å². The number of hydrogen-bond donors (Lipinski definition) is 3. The first-order valence-electron chi connectivity index (χ1n) is 7.90. The normalized spacial score (nSPS) is 14.0. The van der Waals surface area contributed by atoms with Gasteiger partial charge in [-0.2, -0.15) is 0 Å². The molecular weight excluding hydrogens is 306 g/mol. The van der Waals surface area contributed by atoms with Crippen LogP contribution in [0.15, 0.2) is 42.5 Å². The summed E-state index contributed by atoms with van der Waals surface area (Å²) in [7, 11) is 0. The van der Waals surface area contributed by atoms with Crippen LogP contribution in [0.25, 0.3) is 11.0 Å². The molecule has 1 fully saturated rings. The molecule has 0 radical (unpaired) electrons. The van der Waals surface area contributed by atoms with E-state index in [4.69, 9.17) is 0 Å². The number of para-hydroxylation sites is 3. The number of rotatable bonds is 4. The van der Waals surface area contributed by atoms with Crippen LogP contribution in [0, 0.1) is 0 Å². The van der Waals surface area contributed by atoms with Crippen molar-refractivity contribution in [1.29, 1.82) is 0 Å². The Morgan fingerprint density at radius 1 is 1.17 bits per heavy atom. The summed E-state index contributed by atoms with van der Waals surface area (Å²) in [5.74, 6) is -0.372. The number of aromatic nitrogens is 2. The van der Waals surface area contributed by atoms with E-state index in [0.29, 0.717) is 6.04 Å². The molecule has 6 nitrogen and oxygen atoms in total. The fraction of sp³-hybridized carbons (Fsp3) is 0.222. The number of carbonyl (C=O) groups excluding carboxylic acids is 1. The van der Waals surface area contributed by atoms with Crippen molar-refractivity contribution in [3.05, 3.63) is 53.9 Å². The molecule has 0 aliphatic heterocycles. The zero-order chi connectivity index (χ0) is 16.7. The minimum atomic E-state index is -0.446. The lowest BCUT2D eigenvalue weighted by molar-refractivity contribution is 0.0946. The van der Waals surface area contributed by atoms with Gasteiger partial charge in [0.05, 0.1) is 23.1 Å². The Labute approximate surface area is 138 Å². The summed E-state index contributed by atoms with van der Waals surface area (Å²) in [6.07, 6.45) is 2.24. The van der Waals surface area contributed by atoms with Crippen LogP contribution in [0.3, 0.4) is 0 Å². The third kappa shape index (κ3) is 2.46. The van der Waals surface area contributed by atoms with Gasteiger partial charge < -0.3 is 20.1 Å². The van der Waals surface area contributed by atoms with Gasteiger partial charge in [0.1, 0.15) is 5.82 Å². The zero-order valence-electron chi connectivity index (χ0n) is 12.9. The highest BCUT2D eigenvalue weighted by atomic mass is 16.3. The topological polar surface area (TPSA) is 87.4 Å². The molecule has 1 saturated carbocycles. The second kappa shape index (κ2) is 5.56. The lowest BCUT2D eigenvalue weighted by atomic mass is 10.1. The van der Waals surface area contributed by atoms with E-state index in [-0.39, 0.29) is 17.9 Å². The van der Waals surface area contributed by atoms with Gasteiger partial charge in [-0.15, -0.1) is 0 Å². The van der Waals surface area contributed by atoms with Crippen LogP contribution in [0.1, 0.15) is 35.1 Å². The quantitative estimate of drug-likeness (QED) is 0.644. The first-order valence-corrected chi connectivity index (χ1v) is 7.90. The number of imidazole rings is 1. The Balaban J connectivity index is 1.60. The van der Waals surface area contributed by atoms with E-state index in [1.54, 1.807) is 0 Å². The monoisotopic (exact) mass is 323 g/mol. The molecule has 0 atom stereocenters. The average Bonchev–Trinajstić information content (AvgIpc) is 3.35. The zero-order valence-corrected chi connectivity index (χ0v) is 12.9. The second-order valence-corrected chi connectivity index (χ2v) is 5.97. The number of fused-ring (bicyclic) bond motifs is 1. The van der Waals surface area contributed by atoms with Gasteiger partial charge in [-0.3, -0.25) is 4.79 Å². The van der Waals surface area contributed by atoms with E-state index in [1.165, 1.54) is 18.2 Å². The van der Waals surface area contributed by atoms with Crippen LogP contribution >= 0.6 is 0 Å². The van der Waals surface area contributed by atoms with Crippen LogP contribution in [0.4, 0.5) is 0 Å². The Hall–Kier alpha value is -3.02. The summed E-state index contributed by atoms with van der Waals surface area (Å²) in [6, 6.07) is 12.7. The molecular formula is C18H17N3O3. The maximum Gasteiger partial charge on any atom is 0.255 e. The van der Waals surface area contributed by atoms with E-state index in [2.05, 4.69) is 14.9 Å². The van der Waals surface area contributed by atoms with E-state index >= 15 is 0 Å². The molecule has 24 heavy (non-hydrogen) atoms. The minimum Gasteiger partial charge on any atom is -0.504 e. The molecule has 3 aromatic rings. The Morgan fingerprint density at radius 3 is 2.75 bits per heavy atom. The average molecular weight is 323 g/mol. The van der Waals surface area contributed by atoms with Gasteiger partial charge in [0, 0.05) is 6.04 Å². The molecule has 0 unspecified atom stereocenters. The van der Waals surface area contributed by atoms with Crippen molar-refractivity contribution in [3.8, 4) is 11.5 Å². The standard InChI is InChI=1S/C18H17N3O3/c22-15-7-3-4-12(17(15)23)18(24)19-10-16-20-13-5-1-2-6-14(13)21(16)11-8-9-11/h1-7,11,22-23H,8-10H2,(H,19,24). The summed E-state index contributed by atoms with van der Waals surface area (Å²) in [4.78, 5) is 16.9. The number of amides is 1. The fourth-order valence-electron chi connectivity index (χ4n) is 2.93. The number of phenols is 2. The smallest absolute Gasteiger partial charge is 0.255 e. The van der Waals surface area contributed by atoms with Crippen molar-refractivity contribution in [3.63, 3.8) is 0 Å². The maximum atomic E-state index is 12.3. The maximum absolute atomic E-state index is 12.3. The summed E-state index contributed by atoms with van der Waals surface area (Å²) in [5.41, 5.74) is 2.03. The number of phenolic OH excluding ortho intramolecular Hbond substituents is 2. The van der Waals surface area contributed by atoms with Crippen molar-refractivity contribution in [2.24, 2.45) is 0 Å². The second-order valence-electron chi connectivity index (χ2n) is 5.97. The summed E-state index contributed by atoms with van der Waals surface area (Å²) < 4.78 is 2.18. The summed E-state index contributed by atoms with van der Waals surface area (Å²) in [5, 5.41) is 22.1. The van der Waals surface area contributed by atoms with E-state index in [9.17, 15) is 15.0 Å². The van der Waals surface area contributed by atoms with Gasteiger partial charge >= 0.3 is 0 Å². The largest absolute Gasteiger partial charge is 0.504 e. The lowest BCUT2D eigenvalue weighted by Crippen LogP contribution is -2.24. The number of nitrogens with zero attached hydrogens (tertiary/aromatic N) is 2. The molecule has 4 rings (SSSR count). The molecule has 1 aliphatic carbocycles. The molecule has 2 aromatic carbocycles. The van der Waals surface area contributed by atoms with Crippen LogP contribution < -0.4 is 5.32 Å². The first-order chi connectivity index (χ1) is 11.6.